The van der Waals surface area contributed by atoms with E-state index >= 15 is 0 Å². The molecular formula is C17H17N3O2. The molecule has 0 atom stereocenters. The third-order valence-corrected chi connectivity index (χ3v) is 3.85. The Morgan fingerprint density at radius 3 is 2.73 bits per heavy atom. The van der Waals surface area contributed by atoms with Gasteiger partial charge in [0.1, 0.15) is 5.94 Å². The van der Waals surface area contributed by atoms with Crippen LogP contribution < -0.4 is 5.73 Å². The topological polar surface area (TPSA) is 76.3 Å². The van der Waals surface area contributed by atoms with E-state index in [1.54, 1.807) is 12.4 Å². The van der Waals surface area contributed by atoms with Crippen LogP contribution in [0.15, 0.2) is 41.9 Å². The SMILES string of the molecule is Cc1ccc(C2=CN(CC3CC3)C=C(C(N)=O)C2=C=O)nc1. The van der Waals surface area contributed by atoms with Crippen LogP contribution in [0.3, 0.4) is 0 Å². The molecule has 1 aliphatic carbocycles. The van der Waals surface area contributed by atoms with Crippen molar-refractivity contribution in [3.8, 4) is 0 Å². The summed E-state index contributed by atoms with van der Waals surface area (Å²) >= 11 is 0. The second-order valence-corrected chi connectivity index (χ2v) is 5.79. The number of carbonyl (C=O) groups excluding carboxylic acids is 2. The summed E-state index contributed by atoms with van der Waals surface area (Å²) in [6.07, 6.45) is 7.60. The van der Waals surface area contributed by atoms with Gasteiger partial charge in [-0.3, -0.25) is 9.78 Å². The smallest absolute Gasteiger partial charge is 0.251 e. The molecule has 0 saturated heterocycles. The molecule has 0 unspecified atom stereocenters. The number of hydrogen-bond acceptors (Lipinski definition) is 4. The normalized spacial score (nSPS) is 17.7. The zero-order valence-corrected chi connectivity index (χ0v) is 12.4. The van der Waals surface area contributed by atoms with E-state index in [2.05, 4.69) is 4.98 Å². The lowest BCUT2D eigenvalue weighted by Crippen LogP contribution is -2.25. The summed E-state index contributed by atoms with van der Waals surface area (Å²) in [5.41, 5.74) is 8.04. The number of carbonyl (C=O) groups is 1. The van der Waals surface area contributed by atoms with Gasteiger partial charge in [0.05, 0.1) is 16.8 Å². The standard InChI is InChI=1S/C17H17N3O2/c1-11-2-5-16(19-6-11)13-8-20(7-12-3-4-12)9-14(17(18)22)15(13)10-21/h2,5-6,8-9,12H,3-4,7H2,1H3,(H2,18,22). The number of aryl methyl sites for hydroxylation is 1. The summed E-state index contributed by atoms with van der Waals surface area (Å²) in [4.78, 5) is 29.3. The van der Waals surface area contributed by atoms with Crippen LogP contribution in [-0.2, 0) is 9.59 Å². The Hall–Kier alpha value is -2.65. The number of allylic oxidation sites excluding steroid dienone is 1. The van der Waals surface area contributed by atoms with Crippen LogP contribution in [0, 0.1) is 12.8 Å². The van der Waals surface area contributed by atoms with Crippen molar-refractivity contribution in [2.24, 2.45) is 11.7 Å². The van der Waals surface area contributed by atoms with Crippen molar-refractivity contribution in [2.75, 3.05) is 6.54 Å². The maximum absolute atomic E-state index is 11.7. The number of pyridine rings is 1. The van der Waals surface area contributed by atoms with Gasteiger partial charge in [0.15, 0.2) is 0 Å². The Balaban J connectivity index is 2.03. The third-order valence-electron chi connectivity index (χ3n) is 3.85. The molecule has 0 bridgehead atoms. The maximum atomic E-state index is 11.7. The molecule has 1 fully saturated rings. The monoisotopic (exact) mass is 295 g/mol. The molecule has 22 heavy (non-hydrogen) atoms. The molecule has 5 nitrogen and oxygen atoms in total. The van der Waals surface area contributed by atoms with Crippen LogP contribution in [-0.4, -0.2) is 28.3 Å². The van der Waals surface area contributed by atoms with E-state index < -0.39 is 5.91 Å². The lowest BCUT2D eigenvalue weighted by molar-refractivity contribution is -0.114. The highest BCUT2D eigenvalue weighted by atomic mass is 16.1. The number of aromatic nitrogens is 1. The molecule has 2 N–H and O–H groups in total. The van der Waals surface area contributed by atoms with Gasteiger partial charge in [-0.1, -0.05) is 6.07 Å². The first-order valence-electron chi connectivity index (χ1n) is 7.26. The molecule has 0 aromatic carbocycles. The highest BCUT2D eigenvalue weighted by Gasteiger charge is 2.28. The summed E-state index contributed by atoms with van der Waals surface area (Å²) < 4.78 is 0. The Morgan fingerprint density at radius 1 is 1.41 bits per heavy atom. The molecule has 5 heteroatoms. The van der Waals surface area contributed by atoms with Gasteiger partial charge in [-0.05, 0) is 37.3 Å². The third kappa shape index (κ3) is 2.85. The molecular weight excluding hydrogens is 278 g/mol. The molecule has 1 aromatic heterocycles. The summed E-state index contributed by atoms with van der Waals surface area (Å²) in [6.45, 7) is 2.76. The van der Waals surface area contributed by atoms with Gasteiger partial charge in [-0.25, -0.2) is 4.79 Å². The molecule has 1 aliphatic heterocycles. The fraction of sp³-hybridized carbons (Fsp3) is 0.294. The molecule has 0 radical (unpaired) electrons. The van der Waals surface area contributed by atoms with E-state index in [0.29, 0.717) is 17.2 Å². The van der Waals surface area contributed by atoms with Crippen molar-refractivity contribution >= 4 is 17.4 Å². The van der Waals surface area contributed by atoms with Crippen molar-refractivity contribution in [1.29, 1.82) is 0 Å². The van der Waals surface area contributed by atoms with Gasteiger partial charge >= 0.3 is 0 Å². The maximum Gasteiger partial charge on any atom is 0.251 e. The molecule has 0 spiro atoms. The van der Waals surface area contributed by atoms with Crippen LogP contribution in [0.25, 0.3) is 5.57 Å². The molecule has 3 rings (SSSR count). The first kappa shape index (κ1) is 14.3. The quantitative estimate of drug-likeness (QED) is 0.856. The highest BCUT2D eigenvalue weighted by Crippen LogP contribution is 2.34. The Bertz CT molecular complexity index is 721. The van der Waals surface area contributed by atoms with E-state index in [4.69, 9.17) is 5.73 Å². The molecule has 112 valence electrons. The average molecular weight is 295 g/mol. The number of rotatable bonds is 4. The zero-order valence-electron chi connectivity index (χ0n) is 12.4. The molecule has 1 aromatic rings. The second kappa shape index (κ2) is 5.62. The predicted octanol–water partition coefficient (Wildman–Crippen LogP) is 1.58. The minimum atomic E-state index is -0.628. The van der Waals surface area contributed by atoms with Crippen LogP contribution >= 0.6 is 0 Å². The summed E-state index contributed by atoms with van der Waals surface area (Å²) in [6, 6.07) is 3.75. The van der Waals surface area contributed by atoms with Crippen LogP contribution in [0.5, 0.6) is 0 Å². The lowest BCUT2D eigenvalue weighted by Gasteiger charge is -2.24. The van der Waals surface area contributed by atoms with E-state index in [1.807, 2.05) is 36.1 Å². The van der Waals surface area contributed by atoms with Crippen molar-refractivity contribution in [3.05, 3.63) is 53.1 Å². The molecule has 2 aliphatic rings. The van der Waals surface area contributed by atoms with Crippen molar-refractivity contribution in [2.45, 2.75) is 19.8 Å². The molecule has 1 amide bonds. The van der Waals surface area contributed by atoms with E-state index in [1.165, 1.54) is 12.8 Å². The van der Waals surface area contributed by atoms with Crippen molar-refractivity contribution < 1.29 is 9.59 Å². The first-order chi connectivity index (χ1) is 10.6. The van der Waals surface area contributed by atoms with E-state index in [9.17, 15) is 9.59 Å². The second-order valence-electron chi connectivity index (χ2n) is 5.79. The lowest BCUT2D eigenvalue weighted by atomic mass is 9.94. The van der Waals surface area contributed by atoms with E-state index in [-0.39, 0.29) is 11.1 Å². The van der Waals surface area contributed by atoms with Gasteiger partial charge in [0.2, 0.25) is 0 Å². The number of nitrogens with two attached hydrogens (primary N) is 1. The van der Waals surface area contributed by atoms with Crippen LogP contribution in [0.1, 0.15) is 24.1 Å². The minimum Gasteiger partial charge on any atom is -0.366 e. The first-order valence-corrected chi connectivity index (χ1v) is 7.26. The fourth-order valence-corrected chi connectivity index (χ4v) is 2.47. The molecule has 1 saturated carbocycles. The highest BCUT2D eigenvalue weighted by molar-refractivity contribution is 6.08. The van der Waals surface area contributed by atoms with Gasteiger partial charge in [0.25, 0.3) is 5.91 Å². The van der Waals surface area contributed by atoms with Crippen molar-refractivity contribution in [1.82, 2.24) is 9.88 Å². The predicted molar refractivity (Wildman–Crippen MR) is 82.9 cm³/mol. The van der Waals surface area contributed by atoms with Gasteiger partial charge < -0.3 is 10.6 Å². The van der Waals surface area contributed by atoms with E-state index in [0.717, 1.165) is 12.1 Å². The molecule has 2 heterocycles. The largest absolute Gasteiger partial charge is 0.366 e. The average Bonchev–Trinajstić information content (AvgIpc) is 3.31. The van der Waals surface area contributed by atoms with Crippen LogP contribution in [0.2, 0.25) is 0 Å². The van der Waals surface area contributed by atoms with Gasteiger partial charge in [0, 0.05) is 30.7 Å². The van der Waals surface area contributed by atoms with Crippen LogP contribution in [0.4, 0.5) is 0 Å². The number of amides is 1. The zero-order chi connectivity index (χ0) is 15.7. The minimum absolute atomic E-state index is 0.177. The summed E-state index contributed by atoms with van der Waals surface area (Å²) in [5.74, 6) is 1.86. The Kier molecular flexibility index (Phi) is 3.65. The number of nitrogens with zero attached hydrogens (tertiary/aromatic N) is 2. The Labute approximate surface area is 128 Å². The number of hydrogen-bond donors (Lipinski definition) is 1. The number of primary amides is 1. The van der Waals surface area contributed by atoms with Gasteiger partial charge in [-0.2, -0.15) is 0 Å². The van der Waals surface area contributed by atoms with Gasteiger partial charge in [-0.15, -0.1) is 0 Å². The summed E-state index contributed by atoms with van der Waals surface area (Å²) in [5, 5.41) is 0. The Morgan fingerprint density at radius 2 is 2.18 bits per heavy atom. The fourth-order valence-electron chi connectivity index (χ4n) is 2.47. The summed E-state index contributed by atoms with van der Waals surface area (Å²) in [7, 11) is 0. The van der Waals surface area contributed by atoms with Crippen molar-refractivity contribution in [3.63, 3.8) is 0 Å².